The van der Waals surface area contributed by atoms with Crippen molar-refractivity contribution >= 4 is 17.8 Å². The number of esters is 1. The highest BCUT2D eigenvalue weighted by Gasteiger charge is 2.34. The van der Waals surface area contributed by atoms with E-state index in [2.05, 4.69) is 10.6 Å². The molecule has 1 aliphatic carbocycles. The zero-order valence-electron chi connectivity index (χ0n) is 19.0. The van der Waals surface area contributed by atoms with Crippen LogP contribution in [0.1, 0.15) is 55.6 Å². The van der Waals surface area contributed by atoms with Crippen LogP contribution in [0.5, 0.6) is 5.75 Å². The fraction of sp³-hybridized carbons (Fsp3) is 0.400. The van der Waals surface area contributed by atoms with Crippen molar-refractivity contribution in [3.63, 3.8) is 0 Å². The summed E-state index contributed by atoms with van der Waals surface area (Å²) in [7, 11) is 0. The van der Waals surface area contributed by atoms with Crippen molar-refractivity contribution in [1.82, 2.24) is 10.6 Å². The number of halogens is 1. The molecule has 0 saturated heterocycles. The molecule has 2 N–H and O–H groups in total. The number of nitrogens with one attached hydrogen (secondary N) is 2. The quantitative estimate of drug-likeness (QED) is 0.534. The molecule has 2 aromatic carbocycles. The average Bonchev–Trinajstić information content (AvgIpc) is 3.60. The fourth-order valence-corrected chi connectivity index (χ4v) is 3.26. The van der Waals surface area contributed by atoms with E-state index in [0.29, 0.717) is 23.5 Å². The Balaban J connectivity index is 1.78. The van der Waals surface area contributed by atoms with E-state index in [1.807, 2.05) is 6.92 Å². The van der Waals surface area contributed by atoms with Gasteiger partial charge in [-0.3, -0.25) is 9.59 Å². The Morgan fingerprint density at radius 1 is 1.06 bits per heavy atom. The van der Waals surface area contributed by atoms with E-state index in [9.17, 15) is 18.8 Å². The number of rotatable bonds is 10. The minimum Gasteiger partial charge on any atom is -0.493 e. The molecule has 2 unspecified atom stereocenters. The van der Waals surface area contributed by atoms with Gasteiger partial charge < -0.3 is 20.1 Å². The maximum absolute atomic E-state index is 13.4. The van der Waals surface area contributed by atoms with Crippen molar-refractivity contribution < 1.29 is 28.2 Å². The van der Waals surface area contributed by atoms with Crippen LogP contribution in [0.3, 0.4) is 0 Å². The molecule has 8 heteroatoms. The van der Waals surface area contributed by atoms with Gasteiger partial charge in [-0.05, 0) is 49.9 Å². The third-order valence-electron chi connectivity index (χ3n) is 5.21. The second-order valence-electron chi connectivity index (χ2n) is 8.28. The molecule has 33 heavy (non-hydrogen) atoms. The summed E-state index contributed by atoms with van der Waals surface area (Å²) in [6, 6.07) is 11.0. The monoisotopic (exact) mass is 456 g/mol. The zero-order valence-corrected chi connectivity index (χ0v) is 19.0. The lowest BCUT2D eigenvalue weighted by atomic mass is 10.0. The maximum Gasteiger partial charge on any atom is 0.330 e. The topological polar surface area (TPSA) is 93.7 Å². The average molecular weight is 457 g/mol. The van der Waals surface area contributed by atoms with Crippen LogP contribution in [0.4, 0.5) is 4.39 Å². The molecular weight excluding hydrogens is 427 g/mol. The molecule has 0 heterocycles. The van der Waals surface area contributed by atoms with E-state index in [1.165, 1.54) is 24.3 Å². The zero-order chi connectivity index (χ0) is 24.0. The van der Waals surface area contributed by atoms with Crippen LogP contribution in [0, 0.1) is 11.7 Å². The van der Waals surface area contributed by atoms with E-state index < -0.39 is 35.7 Å². The molecule has 2 atom stereocenters. The van der Waals surface area contributed by atoms with Crippen LogP contribution in [0.15, 0.2) is 48.5 Å². The summed E-state index contributed by atoms with van der Waals surface area (Å²) in [5.74, 6) is -2.11. The molecule has 0 aliphatic heterocycles. The molecule has 0 aromatic heterocycles. The molecule has 2 amide bonds. The lowest BCUT2D eigenvalue weighted by Crippen LogP contribution is -2.46. The lowest BCUT2D eigenvalue weighted by Gasteiger charge is -2.25. The van der Waals surface area contributed by atoms with E-state index in [0.717, 1.165) is 12.8 Å². The van der Waals surface area contributed by atoms with Gasteiger partial charge in [0.2, 0.25) is 6.10 Å². The highest BCUT2D eigenvalue weighted by molar-refractivity contribution is 5.99. The first kappa shape index (κ1) is 24.2. The van der Waals surface area contributed by atoms with Crippen molar-refractivity contribution in [3.8, 4) is 5.75 Å². The minimum absolute atomic E-state index is 0.0508. The van der Waals surface area contributed by atoms with Crippen LogP contribution >= 0.6 is 0 Å². The van der Waals surface area contributed by atoms with Crippen LogP contribution in [-0.2, 0) is 14.3 Å². The first-order chi connectivity index (χ1) is 15.8. The predicted molar refractivity (Wildman–Crippen MR) is 120 cm³/mol. The lowest BCUT2D eigenvalue weighted by molar-refractivity contribution is -0.159. The minimum atomic E-state index is -1.26. The number of carbonyl (C=O) groups excluding carboxylic acids is 3. The number of carbonyl (C=O) groups is 3. The summed E-state index contributed by atoms with van der Waals surface area (Å²) in [4.78, 5) is 38.8. The van der Waals surface area contributed by atoms with Gasteiger partial charge in [0.15, 0.2) is 0 Å². The van der Waals surface area contributed by atoms with Crippen molar-refractivity contribution in [1.29, 1.82) is 0 Å². The van der Waals surface area contributed by atoms with Gasteiger partial charge in [0.25, 0.3) is 11.8 Å². The van der Waals surface area contributed by atoms with Gasteiger partial charge in [0.05, 0.1) is 12.2 Å². The summed E-state index contributed by atoms with van der Waals surface area (Å²) in [6.07, 6.45) is 0.465. The Bertz CT molecular complexity index is 989. The maximum atomic E-state index is 13.4. The highest BCUT2D eigenvalue weighted by atomic mass is 19.1. The summed E-state index contributed by atoms with van der Waals surface area (Å²) in [5.41, 5.74) is 0.637. The highest BCUT2D eigenvalue weighted by Crippen LogP contribution is 2.25. The van der Waals surface area contributed by atoms with Crippen LogP contribution in [-0.4, -0.2) is 36.5 Å². The van der Waals surface area contributed by atoms with E-state index in [4.69, 9.17) is 9.47 Å². The molecule has 1 aliphatic rings. The molecule has 0 radical (unpaired) electrons. The van der Waals surface area contributed by atoms with Crippen molar-refractivity contribution in [3.05, 3.63) is 65.5 Å². The second-order valence-corrected chi connectivity index (χ2v) is 8.28. The van der Waals surface area contributed by atoms with Crippen molar-refractivity contribution in [2.75, 3.05) is 6.61 Å². The molecule has 1 fully saturated rings. The van der Waals surface area contributed by atoms with Gasteiger partial charge in [-0.2, -0.15) is 0 Å². The fourth-order valence-electron chi connectivity index (χ4n) is 3.26. The largest absolute Gasteiger partial charge is 0.493 e. The summed E-state index contributed by atoms with van der Waals surface area (Å²) < 4.78 is 24.5. The number of ether oxygens (including phenoxy) is 2. The number of para-hydroxylation sites is 1. The van der Waals surface area contributed by atoms with Gasteiger partial charge >= 0.3 is 5.97 Å². The summed E-state index contributed by atoms with van der Waals surface area (Å²) in [5, 5.41) is 5.52. The molecular formula is C25H29FN2O5. The summed E-state index contributed by atoms with van der Waals surface area (Å²) >= 11 is 0. The van der Waals surface area contributed by atoms with Gasteiger partial charge in [-0.1, -0.05) is 38.1 Å². The van der Waals surface area contributed by atoms with Gasteiger partial charge in [0.1, 0.15) is 17.6 Å². The Hall–Kier alpha value is -3.42. The smallest absolute Gasteiger partial charge is 0.330 e. The van der Waals surface area contributed by atoms with Crippen molar-refractivity contribution in [2.24, 2.45) is 5.92 Å². The molecule has 0 spiro atoms. The van der Waals surface area contributed by atoms with Crippen molar-refractivity contribution in [2.45, 2.75) is 51.8 Å². The molecule has 7 nitrogen and oxygen atoms in total. The predicted octanol–water partition coefficient (Wildman–Crippen LogP) is 3.54. The molecule has 2 aromatic rings. The normalized spacial score (nSPS) is 14.8. The summed E-state index contributed by atoms with van der Waals surface area (Å²) in [6.45, 7) is 5.72. The molecule has 1 saturated carbocycles. The second kappa shape index (κ2) is 10.9. The SMILES string of the molecule is CCOc1ccccc1C(=O)NC(C(=O)OC(C(=O)NC1CC1)c1ccc(F)cc1)C(C)C. The van der Waals surface area contributed by atoms with E-state index in [1.54, 1.807) is 38.1 Å². The van der Waals surface area contributed by atoms with E-state index in [-0.39, 0.29) is 12.0 Å². The van der Waals surface area contributed by atoms with Gasteiger partial charge in [0, 0.05) is 11.6 Å². The Morgan fingerprint density at radius 3 is 2.33 bits per heavy atom. The van der Waals surface area contributed by atoms with E-state index >= 15 is 0 Å². The van der Waals surface area contributed by atoms with Crippen LogP contribution in [0.25, 0.3) is 0 Å². The standard InChI is InChI=1S/C25H29FN2O5/c1-4-32-20-8-6-5-7-19(20)23(29)28-21(15(2)3)25(31)33-22(24(30)27-18-13-14-18)16-9-11-17(26)12-10-16/h5-12,15,18,21-22H,4,13-14H2,1-3H3,(H,27,30)(H,28,29). The number of benzene rings is 2. The third-order valence-corrected chi connectivity index (χ3v) is 5.21. The molecule has 0 bridgehead atoms. The number of amides is 2. The number of hydrogen-bond donors (Lipinski definition) is 2. The first-order valence-electron chi connectivity index (χ1n) is 11.1. The molecule has 176 valence electrons. The van der Waals surface area contributed by atoms with Gasteiger partial charge in [-0.25, -0.2) is 9.18 Å². The Labute approximate surface area is 192 Å². The van der Waals surface area contributed by atoms with Gasteiger partial charge in [-0.15, -0.1) is 0 Å². The Kier molecular flexibility index (Phi) is 8.03. The van der Waals surface area contributed by atoms with Crippen LogP contribution in [0.2, 0.25) is 0 Å². The number of hydrogen-bond acceptors (Lipinski definition) is 5. The first-order valence-corrected chi connectivity index (χ1v) is 11.1. The molecule has 3 rings (SSSR count). The third kappa shape index (κ3) is 6.54. The van der Waals surface area contributed by atoms with Crippen LogP contribution < -0.4 is 15.4 Å². The Morgan fingerprint density at radius 2 is 1.73 bits per heavy atom.